The van der Waals surface area contributed by atoms with E-state index in [1.165, 1.54) is 0 Å². The molecule has 0 bridgehead atoms. The fraction of sp³-hybridized carbons (Fsp3) is 0.643. The van der Waals surface area contributed by atoms with E-state index in [1.54, 1.807) is 41.5 Å². The molecule has 1 aromatic rings. The number of carboxylic acid groups (broad SMARTS) is 1. The fourth-order valence-electron chi connectivity index (χ4n) is 2.20. The van der Waals surface area contributed by atoms with E-state index in [0.29, 0.717) is 11.5 Å². The summed E-state index contributed by atoms with van der Waals surface area (Å²) in [6.07, 6.45) is 0. The Bertz CT molecular complexity index is 511. The van der Waals surface area contributed by atoms with Gasteiger partial charge < -0.3 is 20.3 Å². The first-order chi connectivity index (χ1) is 9.54. The smallest absolute Gasteiger partial charge is 0.326 e. The van der Waals surface area contributed by atoms with Gasteiger partial charge >= 0.3 is 12.0 Å². The van der Waals surface area contributed by atoms with E-state index in [1.807, 2.05) is 0 Å². The SMILES string of the molecule is Cc1noc(C)c1C(C)NC(=O)N[C@@H](C(=O)O)C(C)(C)C. The number of carbonyl (C=O) groups is 2. The monoisotopic (exact) mass is 297 g/mol. The van der Waals surface area contributed by atoms with Gasteiger partial charge in [-0.1, -0.05) is 25.9 Å². The summed E-state index contributed by atoms with van der Waals surface area (Å²) in [6.45, 7) is 10.6. The minimum absolute atomic E-state index is 0.328. The van der Waals surface area contributed by atoms with E-state index in [4.69, 9.17) is 4.52 Å². The maximum Gasteiger partial charge on any atom is 0.326 e. The van der Waals surface area contributed by atoms with Crippen molar-refractivity contribution in [3.8, 4) is 0 Å². The van der Waals surface area contributed by atoms with Gasteiger partial charge in [0.15, 0.2) is 0 Å². The van der Waals surface area contributed by atoms with Gasteiger partial charge in [-0.05, 0) is 26.2 Å². The highest BCUT2D eigenvalue weighted by Gasteiger charge is 2.33. The normalized spacial score (nSPS) is 14.4. The fourth-order valence-corrected chi connectivity index (χ4v) is 2.20. The summed E-state index contributed by atoms with van der Waals surface area (Å²) in [5.41, 5.74) is 0.911. The van der Waals surface area contributed by atoms with Crippen LogP contribution >= 0.6 is 0 Å². The van der Waals surface area contributed by atoms with Crippen molar-refractivity contribution < 1.29 is 19.2 Å². The summed E-state index contributed by atoms with van der Waals surface area (Å²) in [7, 11) is 0. The highest BCUT2D eigenvalue weighted by Crippen LogP contribution is 2.22. The molecule has 2 atom stereocenters. The van der Waals surface area contributed by atoms with Crippen LogP contribution in [-0.2, 0) is 4.79 Å². The van der Waals surface area contributed by atoms with E-state index >= 15 is 0 Å². The number of amides is 2. The lowest BCUT2D eigenvalue weighted by Gasteiger charge is -2.28. The van der Waals surface area contributed by atoms with Crippen molar-refractivity contribution in [2.24, 2.45) is 5.41 Å². The molecule has 0 spiro atoms. The molecule has 7 nitrogen and oxygen atoms in total. The molecule has 118 valence electrons. The van der Waals surface area contributed by atoms with Crippen LogP contribution < -0.4 is 10.6 Å². The summed E-state index contributed by atoms with van der Waals surface area (Å²) >= 11 is 0. The Balaban J connectivity index is 2.75. The summed E-state index contributed by atoms with van der Waals surface area (Å²) in [5.74, 6) is -0.437. The number of aryl methyl sites for hydroxylation is 2. The largest absolute Gasteiger partial charge is 0.480 e. The molecule has 0 saturated heterocycles. The molecule has 0 aliphatic carbocycles. The van der Waals surface area contributed by atoms with Crippen LogP contribution in [0.3, 0.4) is 0 Å². The van der Waals surface area contributed by atoms with Gasteiger partial charge in [0, 0.05) is 5.56 Å². The van der Waals surface area contributed by atoms with E-state index in [-0.39, 0.29) is 6.04 Å². The van der Waals surface area contributed by atoms with E-state index in [0.717, 1.165) is 5.56 Å². The van der Waals surface area contributed by atoms with Gasteiger partial charge in [-0.3, -0.25) is 0 Å². The summed E-state index contributed by atoms with van der Waals surface area (Å²) in [6, 6.07) is -1.84. The van der Waals surface area contributed by atoms with Crippen molar-refractivity contribution in [1.29, 1.82) is 0 Å². The van der Waals surface area contributed by atoms with Crippen molar-refractivity contribution in [1.82, 2.24) is 15.8 Å². The van der Waals surface area contributed by atoms with Crippen LogP contribution in [-0.4, -0.2) is 28.3 Å². The Hall–Kier alpha value is -2.05. The summed E-state index contributed by atoms with van der Waals surface area (Å²) in [5, 5.41) is 18.2. The zero-order valence-corrected chi connectivity index (χ0v) is 13.3. The highest BCUT2D eigenvalue weighted by molar-refractivity contribution is 5.83. The van der Waals surface area contributed by atoms with Crippen LogP contribution in [0.1, 0.15) is 50.8 Å². The Labute approximate surface area is 124 Å². The van der Waals surface area contributed by atoms with Gasteiger partial charge in [-0.25, -0.2) is 9.59 Å². The maximum absolute atomic E-state index is 12.0. The predicted molar refractivity (Wildman–Crippen MR) is 76.9 cm³/mol. The van der Waals surface area contributed by atoms with Crippen LogP contribution in [0.5, 0.6) is 0 Å². The third-order valence-corrected chi connectivity index (χ3v) is 3.26. The van der Waals surface area contributed by atoms with Crippen LogP contribution in [0, 0.1) is 19.3 Å². The minimum Gasteiger partial charge on any atom is -0.480 e. The van der Waals surface area contributed by atoms with Crippen LogP contribution in [0.25, 0.3) is 0 Å². The summed E-state index contributed by atoms with van der Waals surface area (Å²) in [4.78, 5) is 23.2. The molecule has 1 unspecified atom stereocenters. The van der Waals surface area contributed by atoms with Gasteiger partial charge in [0.2, 0.25) is 0 Å². The third kappa shape index (κ3) is 4.21. The number of hydrogen-bond acceptors (Lipinski definition) is 4. The first-order valence-corrected chi connectivity index (χ1v) is 6.76. The lowest BCUT2D eigenvalue weighted by molar-refractivity contribution is -0.141. The van der Waals surface area contributed by atoms with Crippen LogP contribution in [0.2, 0.25) is 0 Å². The van der Waals surface area contributed by atoms with Gasteiger partial charge in [0.1, 0.15) is 11.8 Å². The number of nitrogens with one attached hydrogen (secondary N) is 2. The average molecular weight is 297 g/mol. The second kappa shape index (κ2) is 6.15. The number of aliphatic carboxylic acids is 1. The van der Waals surface area contributed by atoms with Crippen molar-refractivity contribution in [3.63, 3.8) is 0 Å². The number of aromatic nitrogens is 1. The van der Waals surface area contributed by atoms with Crippen molar-refractivity contribution in [2.75, 3.05) is 0 Å². The zero-order chi connectivity index (χ0) is 16.4. The molecule has 3 N–H and O–H groups in total. The topological polar surface area (TPSA) is 104 Å². The first kappa shape index (κ1) is 17.0. The first-order valence-electron chi connectivity index (χ1n) is 6.76. The van der Waals surface area contributed by atoms with Gasteiger partial charge in [-0.15, -0.1) is 0 Å². The number of rotatable bonds is 4. The van der Waals surface area contributed by atoms with Gasteiger partial charge in [0.05, 0.1) is 11.7 Å². The average Bonchev–Trinajstić information content (AvgIpc) is 2.64. The quantitative estimate of drug-likeness (QED) is 0.790. The lowest BCUT2D eigenvalue weighted by atomic mass is 9.87. The molecule has 21 heavy (non-hydrogen) atoms. The van der Waals surface area contributed by atoms with Crippen LogP contribution in [0.15, 0.2) is 4.52 Å². The van der Waals surface area contributed by atoms with Crippen LogP contribution in [0.4, 0.5) is 4.79 Å². The highest BCUT2D eigenvalue weighted by atomic mass is 16.5. The minimum atomic E-state index is -1.07. The second-order valence-corrected chi connectivity index (χ2v) is 6.21. The molecule has 2 amide bonds. The predicted octanol–water partition coefficient (Wildman–Crippen LogP) is 2.15. The maximum atomic E-state index is 12.0. The molecule has 1 rings (SSSR count). The molecule has 0 radical (unpaired) electrons. The number of carbonyl (C=O) groups excluding carboxylic acids is 1. The van der Waals surface area contributed by atoms with Gasteiger partial charge in [-0.2, -0.15) is 0 Å². The van der Waals surface area contributed by atoms with Crippen molar-refractivity contribution in [3.05, 3.63) is 17.0 Å². The number of urea groups is 1. The number of carboxylic acids is 1. The number of hydrogen-bond donors (Lipinski definition) is 3. The molecule has 0 aromatic carbocycles. The van der Waals surface area contributed by atoms with Gasteiger partial charge in [0.25, 0.3) is 0 Å². The molecule has 7 heteroatoms. The lowest BCUT2D eigenvalue weighted by Crippen LogP contribution is -2.52. The second-order valence-electron chi connectivity index (χ2n) is 6.21. The van der Waals surface area contributed by atoms with Crippen molar-refractivity contribution in [2.45, 2.75) is 53.6 Å². The Morgan fingerprint density at radius 2 is 1.81 bits per heavy atom. The van der Waals surface area contributed by atoms with E-state index in [9.17, 15) is 14.7 Å². The van der Waals surface area contributed by atoms with E-state index in [2.05, 4.69) is 15.8 Å². The molecule has 1 heterocycles. The Kier molecular flexibility index (Phi) is 4.98. The molecule has 0 fully saturated rings. The molecule has 1 aromatic heterocycles. The molecular formula is C14H23N3O4. The molecular weight excluding hydrogens is 274 g/mol. The number of nitrogens with zero attached hydrogens (tertiary/aromatic N) is 1. The molecule has 0 saturated carbocycles. The van der Waals surface area contributed by atoms with Crippen molar-refractivity contribution >= 4 is 12.0 Å². The summed E-state index contributed by atoms with van der Waals surface area (Å²) < 4.78 is 5.06. The zero-order valence-electron chi connectivity index (χ0n) is 13.3. The van der Waals surface area contributed by atoms with E-state index < -0.39 is 23.5 Å². The third-order valence-electron chi connectivity index (χ3n) is 3.26. The standard InChI is InChI=1S/C14H23N3O4/c1-7(10-8(2)17-21-9(10)3)15-13(20)16-11(12(18)19)14(4,5)6/h7,11H,1-6H3,(H,18,19)(H2,15,16,20)/t7?,11-/m0/s1. The Morgan fingerprint density at radius 3 is 2.19 bits per heavy atom. The molecule has 0 aliphatic heterocycles. The molecule has 0 aliphatic rings. The Morgan fingerprint density at radius 1 is 1.24 bits per heavy atom.